The molecule has 0 saturated carbocycles. The van der Waals surface area contributed by atoms with Gasteiger partial charge in [0.1, 0.15) is 0 Å². The van der Waals surface area contributed by atoms with Crippen molar-refractivity contribution in [2.45, 2.75) is 38.5 Å². The van der Waals surface area contributed by atoms with Crippen molar-refractivity contribution < 1.29 is 50.7 Å². The molecule has 0 nitrogen and oxygen atoms in total. The molecule has 0 aromatic heterocycles. The van der Waals surface area contributed by atoms with Crippen molar-refractivity contribution in [3.63, 3.8) is 0 Å². The molecular formula is C17H19Cl2Hf-3. The van der Waals surface area contributed by atoms with Crippen LogP contribution in [-0.2, 0) is 38.7 Å². The van der Waals surface area contributed by atoms with E-state index < -0.39 is 0 Å². The van der Waals surface area contributed by atoms with Gasteiger partial charge in [0.05, 0.1) is 0 Å². The Morgan fingerprint density at radius 1 is 1.15 bits per heavy atom. The molecule has 0 spiro atoms. The Bertz CT molecular complexity index is 505. The molecule has 0 saturated heterocycles. The first-order chi connectivity index (χ1) is 8.38. The maximum atomic E-state index is 2.44. The van der Waals surface area contributed by atoms with Crippen LogP contribution in [0.2, 0.25) is 0 Å². The molecule has 0 fully saturated rings. The third-order valence-electron chi connectivity index (χ3n) is 4.00. The number of benzene rings is 1. The van der Waals surface area contributed by atoms with Gasteiger partial charge in [0, 0.05) is 25.8 Å². The Kier molecular flexibility index (Phi) is 9.13. The van der Waals surface area contributed by atoms with E-state index in [1.165, 1.54) is 30.4 Å². The van der Waals surface area contributed by atoms with Gasteiger partial charge in [-0.05, 0) is 5.92 Å². The van der Waals surface area contributed by atoms with Gasteiger partial charge < -0.3 is 24.8 Å². The summed E-state index contributed by atoms with van der Waals surface area (Å²) in [6, 6.07) is 15.8. The largest absolute Gasteiger partial charge is 1.00 e. The van der Waals surface area contributed by atoms with Crippen molar-refractivity contribution in [3.8, 4) is 0 Å². The van der Waals surface area contributed by atoms with E-state index in [9.17, 15) is 0 Å². The van der Waals surface area contributed by atoms with Crippen LogP contribution in [0.15, 0.2) is 42.5 Å². The predicted molar refractivity (Wildman–Crippen MR) is 72.6 cm³/mol. The summed E-state index contributed by atoms with van der Waals surface area (Å²) in [6.07, 6.45) is 5.08. The number of halogens is 2. The van der Waals surface area contributed by atoms with Crippen molar-refractivity contribution in [2.24, 2.45) is 0 Å². The number of rotatable bonds is 2. The summed E-state index contributed by atoms with van der Waals surface area (Å²) in [4.78, 5) is 0. The van der Waals surface area contributed by atoms with Gasteiger partial charge >= 0.3 is 0 Å². The van der Waals surface area contributed by atoms with Crippen molar-refractivity contribution in [1.82, 2.24) is 0 Å². The van der Waals surface area contributed by atoms with Crippen LogP contribution in [-0.4, -0.2) is 0 Å². The minimum absolute atomic E-state index is 0. The fourth-order valence-corrected chi connectivity index (χ4v) is 3.07. The topological polar surface area (TPSA) is 0 Å². The first-order valence-electron chi connectivity index (χ1n) is 6.72. The van der Waals surface area contributed by atoms with Crippen LogP contribution in [0.1, 0.15) is 47.9 Å². The quantitative estimate of drug-likeness (QED) is 0.367. The van der Waals surface area contributed by atoms with E-state index in [1.54, 1.807) is 11.1 Å². The Labute approximate surface area is 153 Å². The standard InChI is InChI=1S/C17H19.2ClH.Hf/c1-2-13-11-15-9-6-10-16(17(15)12-13)14-7-4-3-5-8-14;;;/h3-5,7-8,11-12,16H,2,6,9-10H2,1H3;2*1H;/q-1;;;/p-2. The molecule has 2 aromatic rings. The number of hydrogen-bond acceptors (Lipinski definition) is 0. The molecule has 0 bridgehead atoms. The van der Waals surface area contributed by atoms with Gasteiger partial charge in [-0.15, -0.1) is 0 Å². The van der Waals surface area contributed by atoms with Crippen LogP contribution in [0.25, 0.3) is 0 Å². The first kappa shape index (κ1) is 20.0. The minimum Gasteiger partial charge on any atom is -1.00 e. The van der Waals surface area contributed by atoms with Crippen molar-refractivity contribution in [3.05, 3.63) is 64.7 Å². The van der Waals surface area contributed by atoms with E-state index in [-0.39, 0.29) is 50.7 Å². The van der Waals surface area contributed by atoms with Crippen LogP contribution in [0.3, 0.4) is 0 Å². The fraction of sp³-hybridized carbons (Fsp3) is 0.353. The molecule has 2 aromatic carbocycles. The maximum absolute atomic E-state index is 2.44. The third kappa shape index (κ3) is 4.02. The van der Waals surface area contributed by atoms with Gasteiger partial charge in [0.25, 0.3) is 0 Å². The number of aryl methyl sites for hydroxylation is 2. The van der Waals surface area contributed by atoms with Gasteiger partial charge in [-0.25, -0.2) is 6.07 Å². The smallest absolute Gasteiger partial charge is 0 e. The van der Waals surface area contributed by atoms with Gasteiger partial charge in [-0.2, -0.15) is 22.8 Å². The van der Waals surface area contributed by atoms with Crippen LogP contribution in [0.5, 0.6) is 0 Å². The van der Waals surface area contributed by atoms with E-state index in [0.717, 1.165) is 6.42 Å². The summed E-state index contributed by atoms with van der Waals surface area (Å²) < 4.78 is 0. The van der Waals surface area contributed by atoms with E-state index in [0.29, 0.717) is 5.92 Å². The maximum Gasteiger partial charge on any atom is 0 e. The summed E-state index contributed by atoms with van der Waals surface area (Å²) >= 11 is 0. The fourth-order valence-electron chi connectivity index (χ4n) is 3.07. The zero-order valence-electron chi connectivity index (χ0n) is 11.7. The molecule has 1 atom stereocenters. The van der Waals surface area contributed by atoms with Crippen LogP contribution in [0, 0.1) is 0 Å². The minimum atomic E-state index is 0. The summed E-state index contributed by atoms with van der Waals surface area (Å²) in [6.45, 7) is 2.25. The van der Waals surface area contributed by atoms with Crippen LogP contribution >= 0.6 is 0 Å². The molecular weight excluding hydrogens is 454 g/mol. The van der Waals surface area contributed by atoms with Gasteiger partial charge in [0.15, 0.2) is 0 Å². The molecule has 3 heteroatoms. The SMILES string of the molecule is CCc1cc2c([cH-]1)CCCC2c1ccccc1.[Cl-].[Cl-].[Hf]. The zero-order chi connectivity index (χ0) is 11.7. The average molecular weight is 473 g/mol. The van der Waals surface area contributed by atoms with Gasteiger partial charge in [-0.1, -0.05) is 68.5 Å². The molecule has 1 aliphatic carbocycles. The molecule has 0 amide bonds. The third-order valence-corrected chi connectivity index (χ3v) is 4.00. The summed E-state index contributed by atoms with van der Waals surface area (Å²) in [7, 11) is 0. The molecule has 20 heavy (non-hydrogen) atoms. The van der Waals surface area contributed by atoms with Crippen LogP contribution in [0.4, 0.5) is 0 Å². The molecule has 1 unspecified atom stereocenters. The summed E-state index contributed by atoms with van der Waals surface area (Å²) in [5.74, 6) is 0.639. The molecule has 0 N–H and O–H groups in total. The first-order valence-corrected chi connectivity index (χ1v) is 6.72. The van der Waals surface area contributed by atoms with E-state index >= 15 is 0 Å². The van der Waals surface area contributed by atoms with E-state index in [1.807, 2.05) is 0 Å². The van der Waals surface area contributed by atoms with Gasteiger partial charge in [0.2, 0.25) is 0 Å². The number of fused-ring (bicyclic) bond motifs is 1. The summed E-state index contributed by atoms with van der Waals surface area (Å²) in [5, 5.41) is 0. The zero-order valence-corrected chi connectivity index (χ0v) is 16.8. The molecule has 0 aliphatic heterocycles. The molecule has 0 heterocycles. The monoisotopic (exact) mass is 473 g/mol. The Morgan fingerprint density at radius 2 is 1.85 bits per heavy atom. The Morgan fingerprint density at radius 3 is 2.50 bits per heavy atom. The number of hydrogen-bond donors (Lipinski definition) is 0. The predicted octanol–water partition coefficient (Wildman–Crippen LogP) is -1.56. The summed E-state index contributed by atoms with van der Waals surface area (Å²) in [5.41, 5.74) is 6.20. The molecule has 0 radical (unpaired) electrons. The average Bonchev–Trinajstić information content (AvgIpc) is 2.82. The second-order valence-electron chi connectivity index (χ2n) is 5.05. The second-order valence-corrected chi connectivity index (χ2v) is 5.05. The van der Waals surface area contributed by atoms with Crippen molar-refractivity contribution in [1.29, 1.82) is 0 Å². The second kappa shape index (κ2) is 9.12. The normalized spacial score (nSPS) is 16.1. The molecule has 3 rings (SSSR count). The van der Waals surface area contributed by atoms with E-state index in [2.05, 4.69) is 49.4 Å². The molecule has 108 valence electrons. The Hall–Kier alpha value is 0.0201. The van der Waals surface area contributed by atoms with Crippen molar-refractivity contribution >= 4 is 0 Å². The van der Waals surface area contributed by atoms with Crippen molar-refractivity contribution in [2.75, 3.05) is 0 Å². The molecule has 1 aliphatic rings. The van der Waals surface area contributed by atoms with Gasteiger partial charge in [-0.3, -0.25) is 0 Å². The van der Waals surface area contributed by atoms with Crippen LogP contribution < -0.4 is 24.8 Å². The Balaban J connectivity index is 0.00000120. The van der Waals surface area contributed by atoms with E-state index in [4.69, 9.17) is 0 Å².